The fourth-order valence-electron chi connectivity index (χ4n) is 7.03. The van der Waals surface area contributed by atoms with Gasteiger partial charge in [0.05, 0.1) is 19.4 Å². The maximum Gasteiger partial charge on any atom is 0.216 e. The Hall–Kier alpha value is -5.00. The van der Waals surface area contributed by atoms with Crippen molar-refractivity contribution in [2.45, 2.75) is 53.8 Å². The van der Waals surface area contributed by atoms with Crippen molar-refractivity contribution in [2.24, 2.45) is 5.92 Å². The number of furan rings is 1. The molecular weight excluding hydrogens is 855 g/mol. The number of aryl methyl sites for hydroxylation is 2. The van der Waals surface area contributed by atoms with Crippen molar-refractivity contribution in [2.75, 3.05) is 0 Å². The standard InChI is InChI=1S/C30H21N2O.C18H24NSi.Ir/c1-19-8-6-9-20(2)28(19)26-15-14-24-23-12-7-13-25(29(23)33-30(24)32-26)27-18-22(16-17-31-27)21-10-4-3-5-11-21;1-14(2)11-16-12-17(15-9-7-6-8-10-15)19-13-18(16)20(3,4)5;/h3-12,14-18H,1-2H3;6-9,12-14H,11H2,1-5H3;/q2*-1;. The van der Waals surface area contributed by atoms with Gasteiger partial charge >= 0.3 is 0 Å². The average molecular weight is 900 g/mol. The largest absolute Gasteiger partial charge is 0.486 e. The van der Waals surface area contributed by atoms with Gasteiger partial charge in [0.1, 0.15) is 0 Å². The zero-order valence-corrected chi connectivity index (χ0v) is 35.4. The van der Waals surface area contributed by atoms with Crippen LogP contribution in [0, 0.1) is 31.9 Å². The van der Waals surface area contributed by atoms with E-state index in [9.17, 15) is 0 Å². The number of pyridine rings is 3. The summed E-state index contributed by atoms with van der Waals surface area (Å²) in [5, 5.41) is 3.51. The molecule has 0 amide bonds. The minimum absolute atomic E-state index is 0. The fourth-order valence-corrected chi connectivity index (χ4v) is 8.62. The van der Waals surface area contributed by atoms with Crippen molar-refractivity contribution in [1.29, 1.82) is 0 Å². The Balaban J connectivity index is 0.000000205. The number of aromatic nitrogens is 3. The molecule has 0 saturated heterocycles. The SMILES string of the molecule is CC(C)Cc1cc(-c2[c-]cccc2)ncc1[Si](C)(C)C.Cc1cccc(C)c1-c1ccc2c(n1)oc1c(-c3cc(-c4ccccc4)ccn3)[c-]ccc12.[Ir]. The first kappa shape index (κ1) is 38.7. The topological polar surface area (TPSA) is 51.8 Å². The van der Waals surface area contributed by atoms with Crippen molar-refractivity contribution >= 4 is 35.3 Å². The minimum atomic E-state index is -1.34. The summed E-state index contributed by atoms with van der Waals surface area (Å²) in [6.45, 7) is 16.0. The molecule has 1 radical (unpaired) electrons. The van der Waals surface area contributed by atoms with Crippen molar-refractivity contribution in [3.05, 3.63) is 156 Å². The van der Waals surface area contributed by atoms with Crippen LogP contribution in [-0.2, 0) is 26.5 Å². The number of hydrogen-bond acceptors (Lipinski definition) is 4. The van der Waals surface area contributed by atoms with E-state index in [-0.39, 0.29) is 20.1 Å². The van der Waals surface area contributed by atoms with E-state index in [0.717, 1.165) is 67.7 Å². The Bertz CT molecular complexity index is 2500. The van der Waals surface area contributed by atoms with Crippen LogP contribution in [0.1, 0.15) is 30.5 Å². The zero-order valence-electron chi connectivity index (χ0n) is 32.0. The average Bonchev–Trinajstić information content (AvgIpc) is 3.53. The molecule has 4 heterocycles. The van der Waals surface area contributed by atoms with Crippen LogP contribution in [0.15, 0.2) is 132 Å². The molecule has 0 bridgehead atoms. The van der Waals surface area contributed by atoms with Crippen molar-refractivity contribution in [3.8, 4) is 44.9 Å². The fraction of sp³-hybridized carbons (Fsp3) is 0.188. The summed E-state index contributed by atoms with van der Waals surface area (Å²) in [6.07, 6.45) is 5.08. The Morgan fingerprint density at radius 1 is 0.685 bits per heavy atom. The molecule has 0 spiro atoms. The predicted octanol–water partition coefficient (Wildman–Crippen LogP) is 12.1. The number of fused-ring (bicyclic) bond motifs is 3. The van der Waals surface area contributed by atoms with E-state index < -0.39 is 8.07 Å². The number of rotatable bonds is 7. The van der Waals surface area contributed by atoms with Gasteiger partial charge < -0.3 is 14.4 Å². The molecule has 6 heteroatoms. The van der Waals surface area contributed by atoms with E-state index in [1.807, 2.05) is 60.8 Å². The van der Waals surface area contributed by atoms with Crippen LogP contribution in [-0.4, -0.2) is 23.0 Å². The van der Waals surface area contributed by atoms with E-state index in [4.69, 9.17) is 9.40 Å². The van der Waals surface area contributed by atoms with Crippen LogP contribution < -0.4 is 5.19 Å². The van der Waals surface area contributed by atoms with Crippen LogP contribution in [0.3, 0.4) is 0 Å². The molecule has 4 nitrogen and oxygen atoms in total. The van der Waals surface area contributed by atoms with Crippen LogP contribution in [0.5, 0.6) is 0 Å². The van der Waals surface area contributed by atoms with Crippen molar-refractivity contribution < 1.29 is 24.5 Å². The third-order valence-corrected chi connectivity index (χ3v) is 11.6. The Kier molecular flexibility index (Phi) is 11.9. The van der Waals surface area contributed by atoms with Gasteiger partial charge in [0.25, 0.3) is 0 Å². The summed E-state index contributed by atoms with van der Waals surface area (Å²) in [5.74, 6) is 0.667. The van der Waals surface area contributed by atoms with Gasteiger partial charge in [-0.1, -0.05) is 111 Å². The van der Waals surface area contributed by atoms with Gasteiger partial charge in [-0.15, -0.1) is 54.1 Å². The molecule has 0 N–H and O–H groups in total. The molecule has 8 rings (SSSR count). The molecule has 8 aromatic rings. The van der Waals surface area contributed by atoms with Gasteiger partial charge in [-0.25, -0.2) is 4.98 Å². The van der Waals surface area contributed by atoms with Crippen LogP contribution in [0.2, 0.25) is 19.6 Å². The molecule has 0 aliphatic heterocycles. The molecule has 0 atom stereocenters. The first-order chi connectivity index (χ1) is 25.6. The van der Waals surface area contributed by atoms with Gasteiger partial charge in [0.15, 0.2) is 0 Å². The molecular formula is C48H45IrN3OSi-2. The zero-order chi connectivity index (χ0) is 37.1. The summed E-state index contributed by atoms with van der Waals surface area (Å²) < 4.78 is 6.34. The second-order valence-electron chi connectivity index (χ2n) is 15.2. The first-order valence-corrected chi connectivity index (χ1v) is 21.9. The third-order valence-electron chi connectivity index (χ3n) is 9.57. The van der Waals surface area contributed by atoms with Gasteiger partial charge in [0.2, 0.25) is 5.71 Å². The molecule has 273 valence electrons. The summed E-state index contributed by atoms with van der Waals surface area (Å²) in [6, 6.07) is 45.8. The number of benzene rings is 4. The Morgan fingerprint density at radius 3 is 2.15 bits per heavy atom. The van der Waals surface area contributed by atoms with Gasteiger partial charge in [-0.05, 0) is 83.2 Å². The minimum Gasteiger partial charge on any atom is -0.486 e. The van der Waals surface area contributed by atoms with Gasteiger partial charge in [-0.3, -0.25) is 0 Å². The third kappa shape index (κ3) is 8.37. The van der Waals surface area contributed by atoms with Crippen LogP contribution in [0.4, 0.5) is 0 Å². The molecule has 0 unspecified atom stereocenters. The molecule has 0 aliphatic rings. The number of hydrogen-bond donors (Lipinski definition) is 0. The summed E-state index contributed by atoms with van der Waals surface area (Å²) in [7, 11) is -1.34. The van der Waals surface area contributed by atoms with E-state index in [0.29, 0.717) is 11.6 Å². The van der Waals surface area contributed by atoms with Gasteiger partial charge in [0, 0.05) is 43.4 Å². The number of nitrogens with zero attached hydrogens (tertiary/aromatic N) is 3. The maximum atomic E-state index is 6.34. The van der Waals surface area contributed by atoms with Crippen molar-refractivity contribution in [1.82, 2.24) is 15.0 Å². The second kappa shape index (κ2) is 16.6. The predicted molar refractivity (Wildman–Crippen MR) is 224 cm³/mol. The summed E-state index contributed by atoms with van der Waals surface area (Å²) in [4.78, 5) is 14.2. The molecule has 4 aromatic carbocycles. The maximum absolute atomic E-state index is 6.34. The molecule has 0 aliphatic carbocycles. The van der Waals surface area contributed by atoms with Crippen molar-refractivity contribution in [3.63, 3.8) is 0 Å². The molecule has 0 fully saturated rings. The van der Waals surface area contributed by atoms with Crippen LogP contribution >= 0.6 is 0 Å². The van der Waals surface area contributed by atoms with E-state index in [1.54, 1.807) is 0 Å². The second-order valence-corrected chi connectivity index (χ2v) is 20.2. The normalized spacial score (nSPS) is 11.3. The van der Waals surface area contributed by atoms with E-state index >= 15 is 0 Å². The quantitative estimate of drug-likeness (QED) is 0.118. The summed E-state index contributed by atoms with van der Waals surface area (Å²) >= 11 is 0. The monoisotopic (exact) mass is 900 g/mol. The molecule has 0 saturated carbocycles. The summed E-state index contributed by atoms with van der Waals surface area (Å²) in [5.41, 5.74) is 13.4. The van der Waals surface area contributed by atoms with E-state index in [2.05, 4.69) is 136 Å². The van der Waals surface area contributed by atoms with E-state index in [1.165, 1.54) is 21.9 Å². The smallest absolute Gasteiger partial charge is 0.216 e. The Morgan fingerprint density at radius 2 is 1.44 bits per heavy atom. The Labute approximate surface area is 334 Å². The molecule has 4 aromatic heterocycles. The van der Waals surface area contributed by atoms with Crippen LogP contribution in [0.25, 0.3) is 67.0 Å². The van der Waals surface area contributed by atoms with Gasteiger partial charge in [-0.2, -0.15) is 0 Å². The first-order valence-electron chi connectivity index (χ1n) is 18.4. The molecule has 54 heavy (non-hydrogen) atoms.